The second-order valence-corrected chi connectivity index (χ2v) is 7.49. The van der Waals surface area contributed by atoms with E-state index in [-0.39, 0.29) is 5.91 Å². The van der Waals surface area contributed by atoms with Crippen molar-refractivity contribution in [3.8, 4) is 0 Å². The van der Waals surface area contributed by atoms with E-state index in [0.29, 0.717) is 5.41 Å². The minimum Gasteiger partial charge on any atom is -0.341 e. The molecule has 4 nitrogen and oxygen atoms in total. The van der Waals surface area contributed by atoms with Gasteiger partial charge in [0.05, 0.1) is 0 Å². The predicted molar refractivity (Wildman–Crippen MR) is 83.2 cm³/mol. The van der Waals surface area contributed by atoms with Crippen molar-refractivity contribution in [3.05, 3.63) is 0 Å². The monoisotopic (exact) mass is 301 g/mol. The molecule has 2 saturated heterocycles. The highest BCUT2D eigenvalue weighted by atomic mass is 35.5. The lowest BCUT2D eigenvalue weighted by molar-refractivity contribution is -0.132. The molecule has 2 rings (SSSR count). The maximum absolute atomic E-state index is 11.9. The van der Waals surface area contributed by atoms with Crippen molar-refractivity contribution in [1.29, 1.82) is 0 Å². The quantitative estimate of drug-likeness (QED) is 0.739. The maximum Gasteiger partial charge on any atom is 0.240 e. The molecule has 0 aromatic heterocycles. The summed E-state index contributed by atoms with van der Waals surface area (Å²) < 4.78 is 0. The van der Waals surface area contributed by atoms with Crippen molar-refractivity contribution >= 4 is 17.5 Å². The van der Waals surface area contributed by atoms with E-state index in [1.807, 2.05) is 4.90 Å². The average molecular weight is 302 g/mol. The van der Waals surface area contributed by atoms with Gasteiger partial charge >= 0.3 is 0 Å². The second kappa shape index (κ2) is 6.63. The molecule has 5 heteroatoms. The fourth-order valence-electron chi connectivity index (χ4n) is 3.22. The van der Waals surface area contributed by atoms with E-state index in [0.717, 1.165) is 25.9 Å². The van der Waals surface area contributed by atoms with Crippen LogP contribution in [-0.4, -0.2) is 78.8 Å². The molecule has 20 heavy (non-hydrogen) atoms. The van der Waals surface area contributed by atoms with Gasteiger partial charge in [-0.05, 0) is 32.2 Å². The number of amides is 1. The number of alkyl halides is 1. The van der Waals surface area contributed by atoms with Crippen molar-refractivity contribution in [3.63, 3.8) is 0 Å². The molecule has 0 radical (unpaired) electrons. The number of piperidine rings is 1. The largest absolute Gasteiger partial charge is 0.341 e. The van der Waals surface area contributed by atoms with Crippen LogP contribution in [0.15, 0.2) is 0 Å². The number of nitrogens with zero attached hydrogens (tertiary/aromatic N) is 3. The zero-order valence-corrected chi connectivity index (χ0v) is 13.8. The first-order valence-corrected chi connectivity index (χ1v) is 8.17. The van der Waals surface area contributed by atoms with Crippen LogP contribution in [0.2, 0.25) is 0 Å². The van der Waals surface area contributed by atoms with Crippen molar-refractivity contribution in [2.75, 3.05) is 52.9 Å². The molecule has 0 bridgehead atoms. The first-order chi connectivity index (χ1) is 9.39. The molecule has 0 spiro atoms. The number of rotatable bonds is 3. The van der Waals surface area contributed by atoms with E-state index in [4.69, 9.17) is 11.6 Å². The first-order valence-electron chi connectivity index (χ1n) is 7.73. The molecule has 1 atom stereocenters. The molecule has 2 heterocycles. The minimum absolute atomic E-state index is 0.0910. The van der Waals surface area contributed by atoms with Gasteiger partial charge in [-0.2, -0.15) is 0 Å². The predicted octanol–water partition coefficient (Wildman–Crippen LogP) is 1.49. The molecule has 2 aliphatic heterocycles. The lowest BCUT2D eigenvalue weighted by Crippen LogP contribution is -2.51. The number of piperazine rings is 1. The summed E-state index contributed by atoms with van der Waals surface area (Å²) in [6.45, 7) is 11.7. The van der Waals surface area contributed by atoms with Crippen molar-refractivity contribution < 1.29 is 4.79 Å². The van der Waals surface area contributed by atoms with E-state index in [2.05, 4.69) is 23.8 Å². The van der Waals surface area contributed by atoms with Crippen LogP contribution in [-0.2, 0) is 4.79 Å². The molecule has 116 valence electrons. The van der Waals surface area contributed by atoms with Gasteiger partial charge in [0.15, 0.2) is 0 Å². The summed E-state index contributed by atoms with van der Waals surface area (Å²) in [4.78, 5) is 18.8. The molecule has 1 amide bonds. The Morgan fingerprint density at radius 3 is 2.20 bits per heavy atom. The maximum atomic E-state index is 11.9. The molecule has 2 aliphatic rings. The Bertz CT molecular complexity index is 332. The number of likely N-dealkylation sites (tertiary alicyclic amines) is 1. The second-order valence-electron chi connectivity index (χ2n) is 6.83. The Kier molecular flexibility index (Phi) is 5.32. The van der Waals surface area contributed by atoms with Gasteiger partial charge in [-0.3, -0.25) is 4.79 Å². The Labute approximate surface area is 128 Å². The smallest absolute Gasteiger partial charge is 0.240 e. The van der Waals surface area contributed by atoms with Crippen LogP contribution >= 0.6 is 11.6 Å². The van der Waals surface area contributed by atoms with Crippen LogP contribution in [0.5, 0.6) is 0 Å². The number of halogens is 1. The van der Waals surface area contributed by atoms with Crippen LogP contribution < -0.4 is 0 Å². The third-order valence-electron chi connectivity index (χ3n) is 4.82. The zero-order valence-electron chi connectivity index (χ0n) is 13.1. The van der Waals surface area contributed by atoms with Gasteiger partial charge in [-0.25, -0.2) is 0 Å². The van der Waals surface area contributed by atoms with Crippen molar-refractivity contribution in [1.82, 2.24) is 14.7 Å². The molecular weight excluding hydrogens is 274 g/mol. The Morgan fingerprint density at radius 1 is 1.15 bits per heavy atom. The SMILES string of the molecule is CC(Cl)C(=O)N1CCC(C)(CN2CCN(C)CC2)CC1. The van der Waals surface area contributed by atoms with E-state index >= 15 is 0 Å². The Balaban J connectivity index is 1.80. The molecule has 2 fully saturated rings. The fraction of sp³-hybridized carbons (Fsp3) is 0.933. The van der Waals surface area contributed by atoms with Gasteiger partial charge in [0, 0.05) is 45.8 Å². The van der Waals surface area contributed by atoms with Gasteiger partial charge in [0.2, 0.25) is 5.91 Å². The van der Waals surface area contributed by atoms with E-state index in [1.54, 1.807) is 6.92 Å². The minimum atomic E-state index is -0.392. The Morgan fingerprint density at radius 2 is 1.70 bits per heavy atom. The van der Waals surface area contributed by atoms with Crippen LogP contribution in [0.1, 0.15) is 26.7 Å². The summed E-state index contributed by atoms with van der Waals surface area (Å²) in [7, 11) is 2.19. The van der Waals surface area contributed by atoms with Gasteiger partial charge in [-0.15, -0.1) is 11.6 Å². The van der Waals surface area contributed by atoms with Gasteiger partial charge < -0.3 is 14.7 Å². The van der Waals surface area contributed by atoms with Crippen LogP contribution in [0.25, 0.3) is 0 Å². The van der Waals surface area contributed by atoms with E-state index in [1.165, 1.54) is 32.7 Å². The topological polar surface area (TPSA) is 26.8 Å². The van der Waals surface area contributed by atoms with Gasteiger partial charge in [0.1, 0.15) is 5.38 Å². The summed E-state index contributed by atoms with van der Waals surface area (Å²) >= 11 is 5.90. The third kappa shape index (κ3) is 4.09. The van der Waals surface area contributed by atoms with Gasteiger partial charge in [0.25, 0.3) is 0 Å². The standard InChI is InChI=1S/C15H28ClN3O/c1-13(16)14(20)19-6-4-15(2,5-7-19)12-18-10-8-17(3)9-11-18/h13H,4-12H2,1-3H3. The molecule has 1 unspecified atom stereocenters. The van der Waals surface area contributed by atoms with Crippen LogP contribution in [0.3, 0.4) is 0 Å². The average Bonchev–Trinajstić information content (AvgIpc) is 2.41. The molecule has 0 aromatic rings. The summed E-state index contributed by atoms with van der Waals surface area (Å²) in [5.41, 5.74) is 0.349. The highest BCUT2D eigenvalue weighted by molar-refractivity contribution is 6.30. The number of carbonyl (C=O) groups excluding carboxylic acids is 1. The first kappa shape index (κ1) is 16.1. The van der Waals surface area contributed by atoms with E-state index < -0.39 is 5.38 Å². The normalized spacial score (nSPS) is 26.5. The Hall–Kier alpha value is -0.320. The van der Waals surface area contributed by atoms with Gasteiger partial charge in [-0.1, -0.05) is 6.92 Å². The highest BCUT2D eigenvalue weighted by Crippen LogP contribution is 2.32. The lowest BCUT2D eigenvalue weighted by Gasteiger charge is -2.44. The molecule has 0 saturated carbocycles. The fourth-order valence-corrected chi connectivity index (χ4v) is 3.36. The van der Waals surface area contributed by atoms with Crippen LogP contribution in [0.4, 0.5) is 0 Å². The molecule has 0 aromatic carbocycles. The molecule has 0 aliphatic carbocycles. The summed E-state index contributed by atoms with van der Waals surface area (Å²) in [6.07, 6.45) is 2.18. The zero-order chi connectivity index (χ0) is 14.8. The van der Waals surface area contributed by atoms with Crippen molar-refractivity contribution in [2.45, 2.75) is 32.1 Å². The summed E-state index contributed by atoms with van der Waals surface area (Å²) in [5, 5.41) is -0.392. The van der Waals surface area contributed by atoms with E-state index in [9.17, 15) is 4.79 Å². The number of hydrogen-bond donors (Lipinski definition) is 0. The molecule has 0 N–H and O–H groups in total. The van der Waals surface area contributed by atoms with Crippen molar-refractivity contribution in [2.24, 2.45) is 5.41 Å². The number of hydrogen-bond acceptors (Lipinski definition) is 3. The lowest BCUT2D eigenvalue weighted by atomic mass is 9.79. The summed E-state index contributed by atoms with van der Waals surface area (Å²) in [6, 6.07) is 0. The summed E-state index contributed by atoms with van der Waals surface area (Å²) in [5.74, 6) is 0.0910. The third-order valence-corrected chi connectivity index (χ3v) is 5.01. The molecular formula is C15H28ClN3O. The highest BCUT2D eigenvalue weighted by Gasteiger charge is 2.34. The number of likely N-dealkylation sites (N-methyl/N-ethyl adjacent to an activating group) is 1. The number of carbonyl (C=O) groups is 1. The van der Waals surface area contributed by atoms with Crippen LogP contribution in [0, 0.1) is 5.41 Å².